The molecular weight excluding hydrogens is 412 g/mol. The number of halogens is 1. The molecule has 0 unspecified atom stereocenters. The molecule has 0 fully saturated rings. The number of rotatable bonds is 7. The number of carbonyl (C=O) groups is 1. The van der Waals surface area contributed by atoms with Gasteiger partial charge in [0, 0.05) is 0 Å². The molecule has 1 amide bonds. The van der Waals surface area contributed by atoms with Crippen molar-refractivity contribution in [2.75, 3.05) is 22.4 Å². The van der Waals surface area contributed by atoms with Crippen LogP contribution in [0.25, 0.3) is 0 Å². The van der Waals surface area contributed by atoms with Crippen LogP contribution in [0, 0.1) is 0 Å². The number of nitrogens with zero attached hydrogens (tertiary/aromatic N) is 1. The predicted molar refractivity (Wildman–Crippen MR) is 115 cm³/mol. The Hall–Kier alpha value is -3.03. The third-order valence-corrected chi connectivity index (χ3v) is 5.39. The number of sulfonamides is 1. The normalized spacial score (nSPS) is 11.0. The van der Waals surface area contributed by atoms with Gasteiger partial charge in [0.2, 0.25) is 15.9 Å². The van der Waals surface area contributed by atoms with Crippen LogP contribution in [0.2, 0.25) is 5.02 Å². The number of benzene rings is 3. The van der Waals surface area contributed by atoms with Crippen molar-refractivity contribution >= 4 is 38.9 Å². The average Bonchev–Trinajstić information content (AvgIpc) is 2.68. The van der Waals surface area contributed by atoms with Crippen LogP contribution < -0.4 is 14.4 Å². The van der Waals surface area contributed by atoms with Crippen molar-refractivity contribution in [3.05, 3.63) is 83.9 Å². The van der Waals surface area contributed by atoms with Crippen molar-refractivity contribution in [3.8, 4) is 11.5 Å². The molecular formula is C21H19ClN2O4S. The lowest BCUT2D eigenvalue weighted by molar-refractivity contribution is -0.114. The molecule has 0 atom stereocenters. The maximum Gasteiger partial charge on any atom is 0.245 e. The zero-order valence-electron chi connectivity index (χ0n) is 15.6. The monoisotopic (exact) mass is 430 g/mol. The van der Waals surface area contributed by atoms with Gasteiger partial charge in [-0.05, 0) is 36.4 Å². The summed E-state index contributed by atoms with van der Waals surface area (Å²) in [7, 11) is -3.73. The van der Waals surface area contributed by atoms with Crippen LogP contribution in [-0.4, -0.2) is 27.1 Å². The van der Waals surface area contributed by atoms with Gasteiger partial charge in [-0.3, -0.25) is 9.10 Å². The second-order valence-corrected chi connectivity index (χ2v) is 8.49. The summed E-state index contributed by atoms with van der Waals surface area (Å²) in [6, 6.07) is 22.5. The lowest BCUT2D eigenvalue weighted by atomic mass is 10.2. The van der Waals surface area contributed by atoms with Crippen LogP contribution in [0.15, 0.2) is 78.9 Å². The van der Waals surface area contributed by atoms with E-state index in [9.17, 15) is 13.2 Å². The SMILES string of the molecule is CS(=O)(=O)N(CC(=O)Nc1ccccc1Oc1ccccc1)c1ccccc1Cl. The Kier molecular flexibility index (Phi) is 6.41. The van der Waals surface area contributed by atoms with E-state index in [1.807, 2.05) is 18.2 Å². The molecule has 0 aliphatic carbocycles. The van der Waals surface area contributed by atoms with Crippen molar-refractivity contribution in [3.63, 3.8) is 0 Å². The minimum atomic E-state index is -3.73. The molecule has 0 heterocycles. The maximum atomic E-state index is 12.6. The molecule has 0 radical (unpaired) electrons. The second kappa shape index (κ2) is 8.98. The first-order valence-corrected chi connectivity index (χ1v) is 10.9. The van der Waals surface area contributed by atoms with Gasteiger partial charge < -0.3 is 10.1 Å². The fourth-order valence-corrected chi connectivity index (χ4v) is 3.79. The van der Waals surface area contributed by atoms with E-state index in [1.165, 1.54) is 0 Å². The highest BCUT2D eigenvalue weighted by atomic mass is 35.5. The highest BCUT2D eigenvalue weighted by molar-refractivity contribution is 7.92. The second-order valence-electron chi connectivity index (χ2n) is 6.18. The molecule has 3 aromatic rings. The van der Waals surface area contributed by atoms with Crippen LogP contribution in [0.5, 0.6) is 11.5 Å². The molecule has 150 valence electrons. The summed E-state index contributed by atoms with van der Waals surface area (Å²) in [5.74, 6) is 0.526. The Labute approximate surface area is 174 Å². The number of carbonyl (C=O) groups excluding carboxylic acids is 1. The molecule has 29 heavy (non-hydrogen) atoms. The molecule has 6 nitrogen and oxygen atoms in total. The molecule has 0 aliphatic rings. The van der Waals surface area contributed by atoms with Crippen LogP contribution in [-0.2, 0) is 14.8 Å². The summed E-state index contributed by atoms with van der Waals surface area (Å²) in [5, 5.41) is 2.94. The van der Waals surface area contributed by atoms with Crippen molar-refractivity contribution < 1.29 is 17.9 Å². The first-order valence-electron chi connectivity index (χ1n) is 8.68. The van der Waals surface area contributed by atoms with E-state index in [1.54, 1.807) is 60.7 Å². The van der Waals surface area contributed by atoms with E-state index in [2.05, 4.69) is 5.32 Å². The number of amides is 1. The molecule has 0 aliphatic heterocycles. The van der Waals surface area contributed by atoms with Crippen LogP contribution >= 0.6 is 11.6 Å². The van der Waals surface area contributed by atoms with Crippen LogP contribution in [0.4, 0.5) is 11.4 Å². The summed E-state index contributed by atoms with van der Waals surface area (Å²) in [5.41, 5.74) is 0.662. The Morgan fingerprint density at radius 1 is 0.966 bits per heavy atom. The summed E-state index contributed by atoms with van der Waals surface area (Å²) in [4.78, 5) is 12.6. The summed E-state index contributed by atoms with van der Waals surface area (Å²) < 4.78 is 31.3. The Morgan fingerprint density at radius 3 is 2.28 bits per heavy atom. The molecule has 3 aromatic carbocycles. The van der Waals surface area contributed by atoms with Gasteiger partial charge >= 0.3 is 0 Å². The number of para-hydroxylation sites is 4. The fraction of sp³-hybridized carbons (Fsp3) is 0.0952. The quantitative estimate of drug-likeness (QED) is 0.597. The standard InChI is InChI=1S/C21H19ClN2O4S/c1-29(26,27)24(19-13-7-5-11-17(19)22)15-21(25)23-18-12-6-8-14-20(18)28-16-9-3-2-4-10-16/h2-14H,15H2,1H3,(H,23,25). The third kappa shape index (κ3) is 5.49. The molecule has 0 bridgehead atoms. The summed E-state index contributed by atoms with van der Waals surface area (Å²) >= 11 is 6.13. The number of ether oxygens (including phenoxy) is 1. The van der Waals surface area contributed by atoms with Gasteiger partial charge in [-0.25, -0.2) is 8.42 Å². The zero-order valence-corrected chi connectivity index (χ0v) is 17.2. The highest BCUT2D eigenvalue weighted by Gasteiger charge is 2.23. The minimum absolute atomic E-state index is 0.235. The van der Waals surface area contributed by atoms with E-state index in [4.69, 9.17) is 16.3 Å². The predicted octanol–water partition coefficient (Wildman–Crippen LogP) is 4.54. The van der Waals surface area contributed by atoms with E-state index in [0.717, 1.165) is 10.6 Å². The van der Waals surface area contributed by atoms with Crippen molar-refractivity contribution in [1.82, 2.24) is 0 Å². The van der Waals surface area contributed by atoms with E-state index >= 15 is 0 Å². The Morgan fingerprint density at radius 2 is 1.59 bits per heavy atom. The number of hydrogen-bond acceptors (Lipinski definition) is 4. The molecule has 0 spiro atoms. The van der Waals surface area contributed by atoms with Crippen LogP contribution in [0.1, 0.15) is 0 Å². The first-order chi connectivity index (χ1) is 13.8. The van der Waals surface area contributed by atoms with Gasteiger partial charge in [-0.1, -0.05) is 54.1 Å². The Balaban J connectivity index is 1.80. The molecule has 0 saturated heterocycles. The first kappa shape index (κ1) is 20.7. The van der Waals surface area contributed by atoms with Gasteiger partial charge in [0.15, 0.2) is 5.75 Å². The molecule has 0 aromatic heterocycles. The maximum absolute atomic E-state index is 12.6. The zero-order chi connectivity index (χ0) is 20.9. The fourth-order valence-electron chi connectivity index (χ4n) is 2.63. The van der Waals surface area contributed by atoms with Crippen molar-refractivity contribution in [2.45, 2.75) is 0 Å². The average molecular weight is 431 g/mol. The van der Waals surface area contributed by atoms with Crippen molar-refractivity contribution in [2.24, 2.45) is 0 Å². The highest BCUT2D eigenvalue weighted by Crippen LogP contribution is 2.30. The number of anilines is 2. The van der Waals surface area contributed by atoms with Gasteiger partial charge in [0.25, 0.3) is 0 Å². The van der Waals surface area contributed by atoms with Gasteiger partial charge in [-0.15, -0.1) is 0 Å². The van der Waals surface area contributed by atoms with Gasteiger partial charge in [-0.2, -0.15) is 0 Å². The number of nitrogens with one attached hydrogen (secondary N) is 1. The Bertz CT molecular complexity index is 1100. The van der Waals surface area contributed by atoms with Gasteiger partial charge in [0.1, 0.15) is 12.3 Å². The van der Waals surface area contributed by atoms with Crippen molar-refractivity contribution in [1.29, 1.82) is 0 Å². The topological polar surface area (TPSA) is 75.7 Å². The smallest absolute Gasteiger partial charge is 0.245 e. The minimum Gasteiger partial charge on any atom is -0.455 e. The lowest BCUT2D eigenvalue weighted by Gasteiger charge is -2.23. The molecule has 3 rings (SSSR count). The number of hydrogen-bond donors (Lipinski definition) is 1. The summed E-state index contributed by atoms with van der Waals surface area (Å²) in [6.45, 7) is -0.428. The lowest BCUT2D eigenvalue weighted by Crippen LogP contribution is -2.37. The van der Waals surface area contributed by atoms with Gasteiger partial charge in [0.05, 0.1) is 22.7 Å². The molecule has 8 heteroatoms. The van der Waals surface area contributed by atoms with E-state index < -0.39 is 22.5 Å². The van der Waals surface area contributed by atoms with E-state index in [0.29, 0.717) is 17.2 Å². The van der Waals surface area contributed by atoms with E-state index in [-0.39, 0.29) is 10.7 Å². The summed E-state index contributed by atoms with van der Waals surface area (Å²) in [6.07, 6.45) is 1.02. The van der Waals surface area contributed by atoms with Crippen LogP contribution in [0.3, 0.4) is 0 Å². The largest absolute Gasteiger partial charge is 0.455 e. The third-order valence-electron chi connectivity index (χ3n) is 3.94. The molecule has 1 N–H and O–H groups in total. The molecule has 0 saturated carbocycles.